The molecule has 146 valence electrons. The smallest absolute Gasteiger partial charge is 0.251 e. The van der Waals surface area contributed by atoms with Crippen LogP contribution in [0.25, 0.3) is 0 Å². The highest BCUT2D eigenvalue weighted by Gasteiger charge is 2.16. The Morgan fingerprint density at radius 1 is 1.11 bits per heavy atom. The van der Waals surface area contributed by atoms with E-state index in [0.717, 1.165) is 13.0 Å². The number of hydrogen-bond donors (Lipinski definition) is 2. The van der Waals surface area contributed by atoms with E-state index in [2.05, 4.69) is 41.4 Å². The molecule has 0 spiro atoms. The summed E-state index contributed by atoms with van der Waals surface area (Å²) in [5.41, 5.74) is 6.95. The van der Waals surface area contributed by atoms with Crippen molar-refractivity contribution in [1.29, 1.82) is 0 Å². The number of aryl methyl sites for hydroxylation is 1. The maximum atomic E-state index is 12.6. The molecule has 0 saturated carbocycles. The summed E-state index contributed by atoms with van der Waals surface area (Å²) in [6.07, 6.45) is 0.865. The van der Waals surface area contributed by atoms with E-state index < -0.39 is 5.91 Å². The zero-order valence-corrected chi connectivity index (χ0v) is 17.3. The molecular formula is C21H23N3O2S2. The van der Waals surface area contributed by atoms with E-state index in [-0.39, 0.29) is 12.5 Å². The van der Waals surface area contributed by atoms with Gasteiger partial charge in [0, 0.05) is 22.8 Å². The molecule has 2 amide bonds. The zero-order valence-electron chi connectivity index (χ0n) is 15.7. The molecular weight excluding hydrogens is 390 g/mol. The number of nitrogens with zero attached hydrogens (tertiary/aromatic N) is 1. The third-order valence-corrected chi connectivity index (χ3v) is 6.10. The Morgan fingerprint density at radius 2 is 1.89 bits per heavy atom. The number of hydrogen-bond acceptors (Lipinski definition) is 5. The van der Waals surface area contributed by atoms with Crippen molar-refractivity contribution in [2.45, 2.75) is 19.9 Å². The van der Waals surface area contributed by atoms with Gasteiger partial charge < -0.3 is 11.1 Å². The molecule has 0 unspecified atom stereocenters. The van der Waals surface area contributed by atoms with E-state index in [4.69, 9.17) is 5.73 Å². The van der Waals surface area contributed by atoms with E-state index in [1.807, 2.05) is 18.2 Å². The molecule has 3 N–H and O–H groups in total. The average Bonchev–Trinajstić information content (AvgIpc) is 3.29. The quantitative estimate of drug-likeness (QED) is 0.559. The lowest BCUT2D eigenvalue weighted by molar-refractivity contribution is -0.117. The first kappa shape index (κ1) is 20.3. The van der Waals surface area contributed by atoms with Gasteiger partial charge in [-0.3, -0.25) is 14.5 Å². The summed E-state index contributed by atoms with van der Waals surface area (Å²) in [4.78, 5) is 28.7. The normalized spacial score (nSPS) is 10.9. The second-order valence-corrected chi connectivity index (χ2v) is 8.82. The number of rotatable bonds is 9. The van der Waals surface area contributed by atoms with Gasteiger partial charge in [0.05, 0.1) is 12.1 Å². The Bertz CT molecular complexity index is 934. The van der Waals surface area contributed by atoms with Gasteiger partial charge in [0.2, 0.25) is 5.91 Å². The highest BCUT2D eigenvalue weighted by molar-refractivity contribution is 7.14. The molecule has 0 radical (unpaired) electrons. The molecule has 1 aromatic carbocycles. The molecule has 3 aromatic rings. The average molecular weight is 414 g/mol. The van der Waals surface area contributed by atoms with Crippen molar-refractivity contribution in [1.82, 2.24) is 4.90 Å². The van der Waals surface area contributed by atoms with Crippen LogP contribution in [-0.2, 0) is 17.8 Å². The van der Waals surface area contributed by atoms with Gasteiger partial charge in [-0.15, -0.1) is 22.7 Å². The summed E-state index contributed by atoms with van der Waals surface area (Å²) < 4.78 is 0. The molecule has 5 nitrogen and oxygen atoms in total. The lowest BCUT2D eigenvalue weighted by Gasteiger charge is -2.21. The van der Waals surface area contributed by atoms with Crippen LogP contribution in [0.15, 0.2) is 53.9 Å². The predicted molar refractivity (Wildman–Crippen MR) is 116 cm³/mol. The minimum Gasteiger partial charge on any atom is -0.366 e. The first-order valence-electron chi connectivity index (χ1n) is 9.00. The Labute approximate surface area is 172 Å². The zero-order chi connectivity index (χ0) is 19.9. The Kier molecular flexibility index (Phi) is 6.97. The van der Waals surface area contributed by atoms with E-state index in [9.17, 15) is 9.59 Å². The van der Waals surface area contributed by atoms with Crippen LogP contribution in [0.2, 0.25) is 0 Å². The number of benzene rings is 1. The van der Waals surface area contributed by atoms with Gasteiger partial charge in [0.15, 0.2) is 0 Å². The van der Waals surface area contributed by atoms with Crippen LogP contribution >= 0.6 is 22.7 Å². The minimum absolute atomic E-state index is 0.147. The molecule has 0 fully saturated rings. The van der Waals surface area contributed by atoms with E-state index in [0.29, 0.717) is 17.1 Å². The number of anilines is 1. The van der Waals surface area contributed by atoms with Gasteiger partial charge in [-0.2, -0.15) is 0 Å². The second-order valence-electron chi connectivity index (χ2n) is 6.53. The number of thiophene rings is 2. The van der Waals surface area contributed by atoms with Gasteiger partial charge in [-0.25, -0.2) is 0 Å². The van der Waals surface area contributed by atoms with E-state index >= 15 is 0 Å². The number of nitrogens with two attached hydrogens (primary N) is 1. The van der Waals surface area contributed by atoms with E-state index in [1.54, 1.807) is 22.8 Å². The summed E-state index contributed by atoms with van der Waals surface area (Å²) in [5, 5.41) is 5.09. The minimum atomic E-state index is -0.536. The molecule has 7 heteroatoms. The summed E-state index contributed by atoms with van der Waals surface area (Å²) in [6, 6.07) is 16.1. The summed E-state index contributed by atoms with van der Waals surface area (Å²) in [5.74, 6) is -0.683. The van der Waals surface area contributed by atoms with Gasteiger partial charge >= 0.3 is 0 Å². The van der Waals surface area contributed by atoms with Crippen molar-refractivity contribution in [3.8, 4) is 0 Å². The SMILES string of the molecule is Cc1ccc(CN(CCc2ccccc2)CC(=O)Nc2sccc2C(N)=O)s1. The molecule has 2 aromatic heterocycles. The number of primary amides is 1. The monoisotopic (exact) mass is 413 g/mol. The van der Waals surface area contributed by atoms with Crippen molar-refractivity contribution in [2.24, 2.45) is 5.73 Å². The Morgan fingerprint density at radius 3 is 2.57 bits per heavy atom. The molecule has 2 heterocycles. The van der Waals surface area contributed by atoms with Crippen LogP contribution < -0.4 is 11.1 Å². The summed E-state index contributed by atoms with van der Waals surface area (Å²) in [7, 11) is 0. The lowest BCUT2D eigenvalue weighted by atomic mass is 10.1. The first-order valence-corrected chi connectivity index (χ1v) is 10.7. The van der Waals surface area contributed by atoms with Crippen molar-refractivity contribution >= 4 is 39.5 Å². The summed E-state index contributed by atoms with van der Waals surface area (Å²) in [6.45, 7) is 3.81. The summed E-state index contributed by atoms with van der Waals surface area (Å²) >= 11 is 3.05. The third-order valence-electron chi connectivity index (χ3n) is 4.29. The molecule has 28 heavy (non-hydrogen) atoms. The third kappa shape index (κ3) is 5.76. The van der Waals surface area contributed by atoms with Crippen LogP contribution in [0, 0.1) is 6.92 Å². The largest absolute Gasteiger partial charge is 0.366 e. The van der Waals surface area contributed by atoms with Crippen LogP contribution in [0.1, 0.15) is 25.7 Å². The van der Waals surface area contributed by atoms with Gasteiger partial charge in [0.1, 0.15) is 5.00 Å². The fourth-order valence-corrected chi connectivity index (χ4v) is 4.65. The lowest BCUT2D eigenvalue weighted by Crippen LogP contribution is -2.34. The molecule has 0 bridgehead atoms. The molecule has 0 aliphatic rings. The molecule has 0 atom stereocenters. The highest BCUT2D eigenvalue weighted by atomic mass is 32.1. The van der Waals surface area contributed by atoms with E-state index in [1.165, 1.54) is 26.7 Å². The highest BCUT2D eigenvalue weighted by Crippen LogP contribution is 2.23. The van der Waals surface area contributed by atoms with Crippen molar-refractivity contribution in [3.63, 3.8) is 0 Å². The molecule has 0 saturated heterocycles. The Hall–Kier alpha value is -2.48. The molecule has 0 aliphatic heterocycles. The van der Waals surface area contributed by atoms with Crippen LogP contribution in [-0.4, -0.2) is 29.8 Å². The fourth-order valence-electron chi connectivity index (χ4n) is 2.91. The van der Waals surface area contributed by atoms with Crippen LogP contribution in [0.5, 0.6) is 0 Å². The van der Waals surface area contributed by atoms with Crippen LogP contribution in [0.4, 0.5) is 5.00 Å². The van der Waals surface area contributed by atoms with Gasteiger partial charge in [-0.05, 0) is 42.5 Å². The molecule has 0 aliphatic carbocycles. The Balaban J connectivity index is 1.65. The number of carbonyl (C=O) groups excluding carboxylic acids is 2. The fraction of sp³-hybridized carbons (Fsp3) is 0.238. The number of amides is 2. The van der Waals surface area contributed by atoms with Crippen molar-refractivity contribution in [3.05, 3.63) is 74.8 Å². The predicted octanol–water partition coefficient (Wildman–Crippen LogP) is 3.90. The number of nitrogens with one attached hydrogen (secondary N) is 1. The molecule has 3 rings (SSSR count). The maximum Gasteiger partial charge on any atom is 0.251 e. The van der Waals surface area contributed by atoms with Gasteiger partial charge in [0.25, 0.3) is 5.91 Å². The van der Waals surface area contributed by atoms with Crippen molar-refractivity contribution in [2.75, 3.05) is 18.4 Å². The topological polar surface area (TPSA) is 75.4 Å². The van der Waals surface area contributed by atoms with Gasteiger partial charge in [-0.1, -0.05) is 30.3 Å². The maximum absolute atomic E-state index is 12.6. The number of carbonyl (C=O) groups is 2. The van der Waals surface area contributed by atoms with Crippen molar-refractivity contribution < 1.29 is 9.59 Å². The van der Waals surface area contributed by atoms with Crippen LogP contribution in [0.3, 0.4) is 0 Å². The second kappa shape index (κ2) is 9.64. The standard InChI is InChI=1S/C21H23N3O2S2/c1-15-7-8-17(28-15)13-24(11-9-16-5-3-2-4-6-16)14-19(25)23-21-18(20(22)26)10-12-27-21/h2-8,10,12H,9,11,13-14H2,1H3,(H2,22,26)(H,23,25). The first-order chi connectivity index (χ1) is 13.5.